The molecule has 5 heteroatoms. The van der Waals surface area contributed by atoms with Gasteiger partial charge in [0.05, 0.1) is 6.26 Å². The Morgan fingerprint density at radius 1 is 0.909 bits per heavy atom. The fraction of sp³-hybridized carbons (Fsp3) is 0.647. The molecule has 1 aliphatic rings. The van der Waals surface area contributed by atoms with Gasteiger partial charge in [-0.3, -0.25) is 0 Å². The van der Waals surface area contributed by atoms with Crippen LogP contribution in [0.5, 0.6) is 0 Å². The second-order valence-electron chi connectivity index (χ2n) is 6.74. The van der Waals surface area contributed by atoms with Crippen molar-refractivity contribution in [1.82, 2.24) is 4.31 Å². The molecule has 124 valence electrons. The highest BCUT2D eigenvalue weighted by Gasteiger charge is 2.26. The van der Waals surface area contributed by atoms with Crippen molar-refractivity contribution in [3.8, 4) is 0 Å². The second-order valence-corrected chi connectivity index (χ2v) is 8.73. The van der Waals surface area contributed by atoms with Gasteiger partial charge >= 0.3 is 0 Å². The van der Waals surface area contributed by atoms with Gasteiger partial charge in [0.1, 0.15) is 0 Å². The van der Waals surface area contributed by atoms with Crippen molar-refractivity contribution < 1.29 is 8.42 Å². The van der Waals surface area contributed by atoms with Gasteiger partial charge in [-0.05, 0) is 23.0 Å². The minimum Gasteiger partial charge on any atom is -0.368 e. The van der Waals surface area contributed by atoms with E-state index in [1.807, 2.05) is 0 Å². The fourth-order valence-corrected chi connectivity index (χ4v) is 3.95. The molecule has 1 saturated heterocycles. The first kappa shape index (κ1) is 17.3. The van der Waals surface area contributed by atoms with Gasteiger partial charge < -0.3 is 4.90 Å². The number of sulfonamides is 1. The number of hydrogen-bond acceptors (Lipinski definition) is 3. The summed E-state index contributed by atoms with van der Waals surface area (Å²) in [6, 6.07) is 6.55. The second kappa shape index (κ2) is 6.59. The summed E-state index contributed by atoms with van der Waals surface area (Å²) in [6.07, 6.45) is 1.30. The monoisotopic (exact) mass is 324 g/mol. The minimum absolute atomic E-state index is 0.460. The largest absolute Gasteiger partial charge is 0.368 e. The third kappa shape index (κ3) is 3.63. The van der Waals surface area contributed by atoms with Crippen LogP contribution in [0.15, 0.2) is 18.2 Å². The van der Waals surface area contributed by atoms with Crippen molar-refractivity contribution in [2.24, 2.45) is 0 Å². The zero-order chi connectivity index (χ0) is 16.5. The Balaban J connectivity index is 2.33. The lowest BCUT2D eigenvalue weighted by Crippen LogP contribution is -2.48. The Labute approximate surface area is 135 Å². The standard InChI is InChI=1S/C17H28N2O2S/c1-13(2)15-7-6-8-16(14(3)4)17(15)18-9-11-19(12-10-18)22(5,20)21/h6-8,13-14H,9-12H2,1-5H3. The molecule has 1 aromatic rings. The lowest BCUT2D eigenvalue weighted by molar-refractivity contribution is 0.387. The number of anilines is 1. The first-order valence-corrected chi connectivity index (χ1v) is 9.89. The van der Waals surface area contributed by atoms with Gasteiger partial charge in [0.15, 0.2) is 0 Å². The van der Waals surface area contributed by atoms with Crippen LogP contribution < -0.4 is 4.90 Å². The molecule has 0 radical (unpaired) electrons. The molecule has 0 N–H and O–H groups in total. The van der Waals surface area contributed by atoms with E-state index in [1.165, 1.54) is 23.1 Å². The lowest BCUT2D eigenvalue weighted by atomic mass is 9.91. The number of para-hydroxylation sites is 1. The Kier molecular flexibility index (Phi) is 5.17. The van der Waals surface area contributed by atoms with Crippen LogP contribution in [0.1, 0.15) is 50.7 Å². The molecule has 2 rings (SSSR count). The van der Waals surface area contributed by atoms with Crippen molar-refractivity contribution in [2.75, 3.05) is 37.3 Å². The zero-order valence-corrected chi connectivity index (χ0v) is 15.2. The van der Waals surface area contributed by atoms with E-state index < -0.39 is 10.0 Å². The van der Waals surface area contributed by atoms with Crippen molar-refractivity contribution in [1.29, 1.82) is 0 Å². The summed E-state index contributed by atoms with van der Waals surface area (Å²) in [5, 5.41) is 0. The van der Waals surface area contributed by atoms with Gasteiger partial charge in [0.25, 0.3) is 0 Å². The third-order valence-electron chi connectivity index (χ3n) is 4.37. The van der Waals surface area contributed by atoms with Crippen molar-refractivity contribution in [3.63, 3.8) is 0 Å². The lowest BCUT2D eigenvalue weighted by Gasteiger charge is -2.38. The summed E-state index contributed by atoms with van der Waals surface area (Å²) in [5.74, 6) is 0.920. The highest BCUT2D eigenvalue weighted by molar-refractivity contribution is 7.88. The summed E-state index contributed by atoms with van der Waals surface area (Å²) < 4.78 is 25.0. The van der Waals surface area contributed by atoms with Crippen LogP contribution in [-0.4, -0.2) is 45.2 Å². The number of benzene rings is 1. The van der Waals surface area contributed by atoms with Gasteiger partial charge in [-0.15, -0.1) is 0 Å². The van der Waals surface area contributed by atoms with Crippen LogP contribution in [0, 0.1) is 0 Å². The zero-order valence-electron chi connectivity index (χ0n) is 14.3. The van der Waals surface area contributed by atoms with Crippen LogP contribution in [-0.2, 0) is 10.0 Å². The van der Waals surface area contributed by atoms with Crippen LogP contribution in [0.4, 0.5) is 5.69 Å². The van der Waals surface area contributed by atoms with Crippen molar-refractivity contribution in [2.45, 2.75) is 39.5 Å². The van der Waals surface area contributed by atoms with E-state index in [2.05, 4.69) is 50.8 Å². The molecule has 4 nitrogen and oxygen atoms in total. The molecule has 1 fully saturated rings. The highest BCUT2D eigenvalue weighted by atomic mass is 32.2. The fourth-order valence-electron chi connectivity index (χ4n) is 3.12. The summed E-state index contributed by atoms with van der Waals surface area (Å²) in [6.45, 7) is 11.5. The molecule has 0 aromatic heterocycles. The Morgan fingerprint density at radius 2 is 1.36 bits per heavy atom. The SMILES string of the molecule is CC(C)c1cccc(C(C)C)c1N1CCN(S(C)(=O)=O)CC1. The summed E-state index contributed by atoms with van der Waals surface area (Å²) >= 11 is 0. The maximum atomic E-state index is 11.7. The van der Waals surface area contributed by atoms with Gasteiger partial charge in [-0.1, -0.05) is 45.9 Å². The molecule has 1 heterocycles. The van der Waals surface area contributed by atoms with Crippen LogP contribution in [0.3, 0.4) is 0 Å². The topological polar surface area (TPSA) is 40.6 Å². The van der Waals surface area contributed by atoms with Gasteiger partial charge in [0.2, 0.25) is 10.0 Å². The number of piperazine rings is 1. The molecular formula is C17H28N2O2S. The molecule has 0 unspecified atom stereocenters. The maximum absolute atomic E-state index is 11.7. The Morgan fingerprint density at radius 3 is 1.73 bits per heavy atom. The summed E-state index contributed by atoms with van der Waals surface area (Å²) in [7, 11) is -3.08. The summed E-state index contributed by atoms with van der Waals surface area (Å²) in [5.41, 5.74) is 4.04. The van der Waals surface area contributed by atoms with E-state index in [-0.39, 0.29) is 0 Å². The normalized spacial score (nSPS) is 17.5. The van der Waals surface area contributed by atoms with E-state index in [9.17, 15) is 8.42 Å². The summed E-state index contributed by atoms with van der Waals surface area (Å²) in [4.78, 5) is 2.37. The highest BCUT2D eigenvalue weighted by Crippen LogP contribution is 2.35. The first-order valence-electron chi connectivity index (χ1n) is 8.04. The van der Waals surface area contributed by atoms with E-state index in [4.69, 9.17) is 0 Å². The number of nitrogens with zero attached hydrogens (tertiary/aromatic N) is 2. The first-order chi connectivity index (χ1) is 10.2. The average Bonchev–Trinajstić information content (AvgIpc) is 2.45. The maximum Gasteiger partial charge on any atom is 0.211 e. The predicted octanol–water partition coefficient (Wildman–Crippen LogP) is 3.02. The molecule has 0 amide bonds. The van der Waals surface area contributed by atoms with Crippen molar-refractivity contribution >= 4 is 15.7 Å². The van der Waals surface area contributed by atoms with Crippen molar-refractivity contribution in [3.05, 3.63) is 29.3 Å². The van der Waals surface area contributed by atoms with Crippen LogP contribution in [0.2, 0.25) is 0 Å². The predicted molar refractivity (Wildman–Crippen MR) is 93.2 cm³/mol. The van der Waals surface area contributed by atoms with E-state index >= 15 is 0 Å². The minimum atomic E-state index is -3.08. The van der Waals surface area contributed by atoms with E-state index in [1.54, 1.807) is 4.31 Å². The number of rotatable bonds is 4. The molecule has 0 bridgehead atoms. The smallest absolute Gasteiger partial charge is 0.211 e. The third-order valence-corrected chi connectivity index (χ3v) is 5.67. The molecule has 0 aliphatic carbocycles. The van der Waals surface area contributed by atoms with E-state index in [0.29, 0.717) is 24.9 Å². The van der Waals surface area contributed by atoms with E-state index in [0.717, 1.165) is 13.1 Å². The average molecular weight is 324 g/mol. The molecular weight excluding hydrogens is 296 g/mol. The van der Waals surface area contributed by atoms with Crippen LogP contribution >= 0.6 is 0 Å². The van der Waals surface area contributed by atoms with Crippen LogP contribution in [0.25, 0.3) is 0 Å². The van der Waals surface area contributed by atoms with Gasteiger partial charge in [-0.25, -0.2) is 8.42 Å². The quantitative estimate of drug-likeness (QED) is 0.855. The van der Waals surface area contributed by atoms with Gasteiger partial charge in [-0.2, -0.15) is 4.31 Å². The number of hydrogen-bond donors (Lipinski definition) is 0. The molecule has 0 saturated carbocycles. The molecule has 1 aliphatic heterocycles. The molecule has 1 aromatic carbocycles. The molecule has 22 heavy (non-hydrogen) atoms. The van der Waals surface area contributed by atoms with Gasteiger partial charge in [0, 0.05) is 31.9 Å². The Hall–Kier alpha value is -1.07. The molecule has 0 spiro atoms. The Bertz CT molecular complexity index is 589. The molecule has 0 atom stereocenters.